The van der Waals surface area contributed by atoms with Gasteiger partial charge in [0.25, 0.3) is 0 Å². The molecule has 0 saturated carbocycles. The molecular formula is C32H37N2O4+. The number of esters is 1. The van der Waals surface area contributed by atoms with Crippen molar-refractivity contribution in [3.8, 4) is 0 Å². The molecule has 3 heterocycles. The van der Waals surface area contributed by atoms with Gasteiger partial charge in [0.2, 0.25) is 11.5 Å². The molecule has 0 radical (unpaired) electrons. The highest BCUT2D eigenvalue weighted by molar-refractivity contribution is 5.85. The first-order chi connectivity index (χ1) is 18.5. The topological polar surface area (TPSA) is 75.6 Å². The van der Waals surface area contributed by atoms with E-state index in [1.807, 2.05) is 66.7 Å². The van der Waals surface area contributed by atoms with Crippen LogP contribution in [0.2, 0.25) is 0 Å². The summed E-state index contributed by atoms with van der Waals surface area (Å²) < 4.78 is 7.06. The molecule has 1 atom stereocenters. The SMILES string of the molecule is O=C(Cc1ccccc1)NCCC[N+]12CCC(CC1)[C@@H](OC(=O)C(O)(c1ccccc1)c1ccccc1)C2. The largest absolute Gasteiger partial charge is 0.453 e. The van der Waals surface area contributed by atoms with Gasteiger partial charge in [-0.05, 0) is 16.7 Å². The van der Waals surface area contributed by atoms with Crippen LogP contribution in [-0.2, 0) is 26.3 Å². The zero-order chi connectivity index (χ0) is 26.4. The Bertz CT molecular complexity index is 1170. The zero-order valence-electron chi connectivity index (χ0n) is 21.8. The van der Waals surface area contributed by atoms with Gasteiger partial charge in [-0.1, -0.05) is 91.0 Å². The number of hydrogen-bond donors (Lipinski definition) is 2. The first-order valence-corrected chi connectivity index (χ1v) is 13.7. The lowest BCUT2D eigenvalue weighted by Crippen LogP contribution is -2.65. The Balaban J connectivity index is 1.20. The number of nitrogens with zero attached hydrogens (tertiary/aromatic N) is 1. The van der Waals surface area contributed by atoms with Crippen LogP contribution in [0.25, 0.3) is 0 Å². The molecule has 6 nitrogen and oxygen atoms in total. The molecule has 1 amide bonds. The van der Waals surface area contributed by atoms with E-state index in [0.29, 0.717) is 30.0 Å². The number of fused-ring (bicyclic) bond motifs is 3. The number of quaternary nitrogens is 1. The normalized spacial score (nSPS) is 22.6. The van der Waals surface area contributed by atoms with Crippen molar-refractivity contribution in [3.05, 3.63) is 108 Å². The highest BCUT2D eigenvalue weighted by Crippen LogP contribution is 2.38. The lowest BCUT2D eigenvalue weighted by molar-refractivity contribution is -0.946. The summed E-state index contributed by atoms with van der Waals surface area (Å²) >= 11 is 0. The number of rotatable bonds is 10. The van der Waals surface area contributed by atoms with Gasteiger partial charge in [-0.2, -0.15) is 0 Å². The zero-order valence-corrected chi connectivity index (χ0v) is 21.8. The Morgan fingerprint density at radius 3 is 2.00 bits per heavy atom. The summed E-state index contributed by atoms with van der Waals surface area (Å²) in [5, 5.41) is 14.9. The van der Waals surface area contributed by atoms with Crippen molar-refractivity contribution in [1.82, 2.24) is 5.32 Å². The molecule has 2 N–H and O–H groups in total. The monoisotopic (exact) mass is 513 g/mol. The summed E-state index contributed by atoms with van der Waals surface area (Å²) in [5.41, 5.74) is 0.170. The van der Waals surface area contributed by atoms with Crippen molar-refractivity contribution in [1.29, 1.82) is 0 Å². The number of aliphatic hydroxyl groups is 1. The molecule has 3 aliphatic heterocycles. The fourth-order valence-corrected chi connectivity index (χ4v) is 6.14. The Morgan fingerprint density at radius 2 is 1.42 bits per heavy atom. The summed E-state index contributed by atoms with van der Waals surface area (Å²) in [6.07, 6.45) is 3.06. The second-order valence-corrected chi connectivity index (χ2v) is 10.8. The van der Waals surface area contributed by atoms with Crippen LogP contribution in [0.1, 0.15) is 36.0 Å². The molecule has 0 aliphatic carbocycles. The lowest BCUT2D eigenvalue weighted by Gasteiger charge is -2.52. The van der Waals surface area contributed by atoms with Crippen LogP contribution in [0.3, 0.4) is 0 Å². The number of benzene rings is 3. The number of carbonyl (C=O) groups is 2. The predicted octanol–water partition coefficient (Wildman–Crippen LogP) is 3.82. The molecule has 198 valence electrons. The Hall–Kier alpha value is -3.48. The van der Waals surface area contributed by atoms with Crippen molar-refractivity contribution in [2.45, 2.75) is 37.4 Å². The second-order valence-electron chi connectivity index (χ2n) is 10.8. The van der Waals surface area contributed by atoms with E-state index in [0.717, 1.165) is 55.5 Å². The molecule has 0 spiro atoms. The summed E-state index contributed by atoms with van der Waals surface area (Å²) in [6, 6.07) is 27.9. The number of nitrogens with one attached hydrogen (secondary N) is 1. The minimum Gasteiger partial charge on any atom is -0.453 e. The van der Waals surface area contributed by atoms with E-state index in [2.05, 4.69) is 5.32 Å². The minimum absolute atomic E-state index is 0.0430. The molecule has 38 heavy (non-hydrogen) atoms. The number of piperidine rings is 3. The van der Waals surface area contributed by atoms with Crippen LogP contribution in [0.4, 0.5) is 0 Å². The number of hydrogen-bond acceptors (Lipinski definition) is 4. The first-order valence-electron chi connectivity index (χ1n) is 13.7. The van der Waals surface area contributed by atoms with Gasteiger partial charge in [-0.3, -0.25) is 4.79 Å². The molecule has 3 aromatic carbocycles. The maximum Gasteiger partial charge on any atom is 0.348 e. The van der Waals surface area contributed by atoms with E-state index in [-0.39, 0.29) is 12.0 Å². The smallest absolute Gasteiger partial charge is 0.348 e. The van der Waals surface area contributed by atoms with Gasteiger partial charge in [0.1, 0.15) is 6.54 Å². The molecule has 6 rings (SSSR count). The molecule has 3 aromatic rings. The van der Waals surface area contributed by atoms with Crippen LogP contribution in [0.15, 0.2) is 91.0 Å². The third kappa shape index (κ3) is 5.66. The van der Waals surface area contributed by atoms with Crippen molar-refractivity contribution in [2.24, 2.45) is 5.92 Å². The van der Waals surface area contributed by atoms with Gasteiger partial charge in [0, 0.05) is 31.7 Å². The van der Waals surface area contributed by atoms with E-state index in [4.69, 9.17) is 4.74 Å². The highest BCUT2D eigenvalue weighted by Gasteiger charge is 2.50. The molecular weight excluding hydrogens is 476 g/mol. The molecule has 3 fully saturated rings. The average molecular weight is 514 g/mol. The van der Waals surface area contributed by atoms with Gasteiger partial charge >= 0.3 is 5.97 Å². The fourth-order valence-electron chi connectivity index (χ4n) is 6.14. The van der Waals surface area contributed by atoms with E-state index in [1.54, 1.807) is 24.3 Å². The van der Waals surface area contributed by atoms with Gasteiger partial charge in [0.15, 0.2) is 6.10 Å². The quantitative estimate of drug-likeness (QED) is 0.246. The van der Waals surface area contributed by atoms with Crippen LogP contribution in [0.5, 0.6) is 0 Å². The van der Waals surface area contributed by atoms with Crippen LogP contribution in [0, 0.1) is 5.92 Å². The van der Waals surface area contributed by atoms with Crippen LogP contribution < -0.4 is 5.32 Å². The van der Waals surface area contributed by atoms with Crippen molar-refractivity contribution in [2.75, 3.05) is 32.7 Å². The molecule has 6 heteroatoms. The van der Waals surface area contributed by atoms with Gasteiger partial charge in [-0.25, -0.2) is 4.79 Å². The third-order valence-electron chi connectivity index (χ3n) is 8.32. The summed E-state index contributed by atoms with van der Waals surface area (Å²) in [7, 11) is 0. The number of amides is 1. The van der Waals surface area contributed by atoms with E-state index < -0.39 is 11.6 Å². The molecule has 3 saturated heterocycles. The Labute approximate surface area is 224 Å². The second kappa shape index (κ2) is 11.5. The van der Waals surface area contributed by atoms with E-state index >= 15 is 0 Å². The third-order valence-corrected chi connectivity index (χ3v) is 8.32. The molecule has 0 aromatic heterocycles. The summed E-state index contributed by atoms with van der Waals surface area (Å²) in [4.78, 5) is 26.0. The molecule has 2 bridgehead atoms. The van der Waals surface area contributed by atoms with Crippen LogP contribution >= 0.6 is 0 Å². The van der Waals surface area contributed by atoms with Crippen LogP contribution in [-0.4, -0.2) is 60.3 Å². The lowest BCUT2D eigenvalue weighted by atomic mass is 9.82. The molecule has 0 unspecified atom stereocenters. The van der Waals surface area contributed by atoms with Crippen molar-refractivity contribution < 1.29 is 23.9 Å². The van der Waals surface area contributed by atoms with Crippen molar-refractivity contribution >= 4 is 11.9 Å². The fraction of sp³-hybridized carbons (Fsp3) is 0.375. The maximum atomic E-state index is 13.7. The first kappa shape index (κ1) is 26.1. The minimum atomic E-state index is -1.86. The molecule has 3 aliphatic rings. The highest BCUT2D eigenvalue weighted by atomic mass is 16.6. The van der Waals surface area contributed by atoms with Gasteiger partial charge in [0.05, 0.1) is 26.1 Å². The maximum absolute atomic E-state index is 13.7. The van der Waals surface area contributed by atoms with E-state index in [1.165, 1.54) is 0 Å². The Morgan fingerprint density at radius 1 is 0.868 bits per heavy atom. The van der Waals surface area contributed by atoms with Crippen molar-refractivity contribution in [3.63, 3.8) is 0 Å². The van der Waals surface area contributed by atoms with Gasteiger partial charge in [-0.15, -0.1) is 0 Å². The van der Waals surface area contributed by atoms with Gasteiger partial charge < -0.3 is 19.6 Å². The standard InChI is InChI=1S/C32H36N2O4/c35-30(23-25-11-4-1-5-12-25)33-19-10-20-34-21-17-26(18-22-34)29(24-34)38-31(36)32(37,27-13-6-2-7-14-27)28-15-8-3-9-16-28/h1-9,11-16,26,29,37H,10,17-24H2/p+1/t26?,29-,34?/m0/s1. The summed E-state index contributed by atoms with van der Waals surface area (Å²) in [6.45, 7) is 4.47. The predicted molar refractivity (Wildman–Crippen MR) is 146 cm³/mol. The average Bonchev–Trinajstić information content (AvgIpc) is 2.97. The number of ether oxygens (including phenoxy) is 1. The Kier molecular flexibility index (Phi) is 7.91. The summed E-state index contributed by atoms with van der Waals surface area (Å²) in [5.74, 6) is -0.248. The number of carbonyl (C=O) groups excluding carboxylic acids is 2. The van der Waals surface area contributed by atoms with E-state index in [9.17, 15) is 14.7 Å².